The maximum absolute atomic E-state index is 13.2. The second-order valence-corrected chi connectivity index (χ2v) is 7.05. The monoisotopic (exact) mass is 287 g/mol. The molecule has 1 aromatic carbocycles. The summed E-state index contributed by atoms with van der Waals surface area (Å²) < 4.78 is 37.0. The number of rotatable bonds is 4. The van der Waals surface area contributed by atoms with Crippen LogP contribution in [0.15, 0.2) is 24.3 Å². The lowest BCUT2D eigenvalue weighted by Gasteiger charge is -2.05. The van der Waals surface area contributed by atoms with E-state index in [2.05, 4.69) is 0 Å². The molecule has 19 heavy (non-hydrogen) atoms. The van der Waals surface area contributed by atoms with Crippen LogP contribution in [0.4, 0.5) is 4.39 Å². The zero-order valence-electron chi connectivity index (χ0n) is 10.2. The SMILES string of the molecule is CCS(=O)(=O)C1C(c2cccc(F)c2)C1(N)C(=O)O. The van der Waals surface area contributed by atoms with Gasteiger partial charge in [0.2, 0.25) is 0 Å². The van der Waals surface area contributed by atoms with E-state index in [1.165, 1.54) is 25.1 Å². The first-order valence-electron chi connectivity index (χ1n) is 5.74. The van der Waals surface area contributed by atoms with Crippen molar-refractivity contribution in [2.75, 3.05) is 5.75 Å². The molecule has 0 saturated heterocycles. The molecule has 0 heterocycles. The van der Waals surface area contributed by atoms with Crippen molar-refractivity contribution in [2.24, 2.45) is 5.73 Å². The quantitative estimate of drug-likeness (QED) is 0.841. The van der Waals surface area contributed by atoms with E-state index < -0.39 is 38.3 Å². The molecule has 5 nitrogen and oxygen atoms in total. The minimum Gasteiger partial charge on any atom is -0.480 e. The number of nitrogens with two attached hydrogens (primary N) is 1. The number of hydrogen-bond donors (Lipinski definition) is 2. The minimum atomic E-state index is -3.62. The third kappa shape index (κ3) is 2.02. The number of hydrogen-bond acceptors (Lipinski definition) is 4. The smallest absolute Gasteiger partial charge is 0.325 e. The summed E-state index contributed by atoms with van der Waals surface area (Å²) in [6.07, 6.45) is 0. The molecule has 1 fully saturated rings. The lowest BCUT2D eigenvalue weighted by molar-refractivity contribution is -0.139. The summed E-state index contributed by atoms with van der Waals surface area (Å²) in [6, 6.07) is 5.22. The third-order valence-corrected chi connectivity index (χ3v) is 5.79. The van der Waals surface area contributed by atoms with Crippen LogP contribution in [0.2, 0.25) is 0 Å². The number of carboxylic acids is 1. The van der Waals surface area contributed by atoms with Crippen LogP contribution in [-0.4, -0.2) is 36.0 Å². The number of carbonyl (C=O) groups is 1. The highest BCUT2D eigenvalue weighted by Gasteiger charge is 2.73. The number of aliphatic carboxylic acids is 1. The van der Waals surface area contributed by atoms with E-state index >= 15 is 0 Å². The first-order valence-corrected chi connectivity index (χ1v) is 7.46. The molecule has 7 heteroatoms. The zero-order valence-corrected chi connectivity index (χ0v) is 11.0. The first-order chi connectivity index (χ1) is 8.75. The largest absolute Gasteiger partial charge is 0.480 e. The molecule has 2 rings (SSSR count). The summed E-state index contributed by atoms with van der Waals surface area (Å²) in [5.74, 6) is -3.05. The van der Waals surface area contributed by atoms with Gasteiger partial charge in [-0.3, -0.25) is 4.79 Å². The Morgan fingerprint density at radius 2 is 2.16 bits per heavy atom. The second kappa shape index (κ2) is 4.28. The van der Waals surface area contributed by atoms with Gasteiger partial charge >= 0.3 is 5.97 Å². The molecule has 0 radical (unpaired) electrons. The van der Waals surface area contributed by atoms with E-state index in [0.29, 0.717) is 5.56 Å². The Kier molecular flexibility index (Phi) is 3.14. The van der Waals surface area contributed by atoms with E-state index in [1.54, 1.807) is 0 Å². The van der Waals surface area contributed by atoms with E-state index in [0.717, 1.165) is 6.07 Å². The van der Waals surface area contributed by atoms with Crippen molar-refractivity contribution in [2.45, 2.75) is 23.6 Å². The van der Waals surface area contributed by atoms with Crippen LogP contribution in [-0.2, 0) is 14.6 Å². The molecule has 0 spiro atoms. The fourth-order valence-electron chi connectivity index (χ4n) is 2.46. The van der Waals surface area contributed by atoms with Crippen molar-refractivity contribution in [3.05, 3.63) is 35.6 Å². The lowest BCUT2D eigenvalue weighted by Crippen LogP contribution is -2.40. The Hall–Kier alpha value is -1.47. The molecule has 3 atom stereocenters. The van der Waals surface area contributed by atoms with Crippen LogP contribution in [0.25, 0.3) is 0 Å². The Balaban J connectivity index is 2.49. The lowest BCUT2D eigenvalue weighted by atomic mass is 10.1. The number of carboxylic acid groups (broad SMARTS) is 1. The normalized spacial score (nSPS) is 30.1. The van der Waals surface area contributed by atoms with Gasteiger partial charge in [0.25, 0.3) is 0 Å². The van der Waals surface area contributed by atoms with Crippen LogP contribution < -0.4 is 5.73 Å². The van der Waals surface area contributed by atoms with Gasteiger partial charge in [-0.25, -0.2) is 12.8 Å². The molecule has 0 aliphatic heterocycles. The highest BCUT2D eigenvalue weighted by Crippen LogP contribution is 2.54. The van der Waals surface area contributed by atoms with Gasteiger partial charge in [0.15, 0.2) is 9.84 Å². The van der Waals surface area contributed by atoms with Crippen molar-refractivity contribution in [1.82, 2.24) is 0 Å². The van der Waals surface area contributed by atoms with Crippen molar-refractivity contribution in [1.29, 1.82) is 0 Å². The van der Waals surface area contributed by atoms with Crippen molar-refractivity contribution < 1.29 is 22.7 Å². The van der Waals surface area contributed by atoms with Crippen LogP contribution in [0.5, 0.6) is 0 Å². The van der Waals surface area contributed by atoms with Gasteiger partial charge in [0.1, 0.15) is 11.4 Å². The summed E-state index contributed by atoms with van der Waals surface area (Å²) >= 11 is 0. The topological polar surface area (TPSA) is 97.5 Å². The predicted octanol–water partition coefficient (Wildman–Crippen LogP) is 0.508. The molecule has 1 aromatic rings. The second-order valence-electron chi connectivity index (χ2n) is 4.64. The number of sulfone groups is 1. The molecule has 3 N–H and O–H groups in total. The molecule has 0 bridgehead atoms. The van der Waals surface area contributed by atoms with Crippen molar-refractivity contribution >= 4 is 15.8 Å². The van der Waals surface area contributed by atoms with Crippen LogP contribution >= 0.6 is 0 Å². The van der Waals surface area contributed by atoms with E-state index in [-0.39, 0.29) is 5.75 Å². The average Bonchev–Trinajstić information content (AvgIpc) is 2.98. The van der Waals surface area contributed by atoms with Gasteiger partial charge < -0.3 is 10.8 Å². The molecule has 0 aromatic heterocycles. The first kappa shape index (κ1) is 14.0. The molecule has 3 unspecified atom stereocenters. The third-order valence-electron chi connectivity index (χ3n) is 3.55. The fourth-order valence-corrected chi connectivity index (χ4v) is 4.38. The van der Waals surface area contributed by atoms with Gasteiger partial charge in [-0.1, -0.05) is 19.1 Å². The summed E-state index contributed by atoms with van der Waals surface area (Å²) in [4.78, 5) is 11.2. The fraction of sp³-hybridized carbons (Fsp3) is 0.417. The minimum absolute atomic E-state index is 0.199. The summed E-state index contributed by atoms with van der Waals surface area (Å²) in [7, 11) is -3.62. The van der Waals surface area contributed by atoms with Gasteiger partial charge in [0, 0.05) is 11.7 Å². The van der Waals surface area contributed by atoms with Crippen LogP contribution in [0.3, 0.4) is 0 Å². The molecule has 1 aliphatic carbocycles. The van der Waals surface area contributed by atoms with Crippen molar-refractivity contribution in [3.8, 4) is 0 Å². The number of halogens is 1. The highest BCUT2D eigenvalue weighted by atomic mass is 32.2. The van der Waals surface area contributed by atoms with Crippen LogP contribution in [0.1, 0.15) is 18.4 Å². The molecule has 1 saturated carbocycles. The molecular formula is C12H14FNO4S. The Bertz CT molecular complexity index is 630. The maximum atomic E-state index is 13.2. The number of benzene rings is 1. The van der Waals surface area contributed by atoms with Gasteiger partial charge in [-0.05, 0) is 17.7 Å². The van der Waals surface area contributed by atoms with Crippen LogP contribution in [0, 0.1) is 5.82 Å². The molecule has 104 valence electrons. The Morgan fingerprint density at radius 3 is 2.63 bits per heavy atom. The highest BCUT2D eigenvalue weighted by molar-refractivity contribution is 7.92. The Labute approximate surface area is 110 Å². The van der Waals surface area contributed by atoms with E-state index in [9.17, 15) is 17.6 Å². The van der Waals surface area contributed by atoms with Crippen molar-refractivity contribution in [3.63, 3.8) is 0 Å². The molecular weight excluding hydrogens is 273 g/mol. The van der Waals surface area contributed by atoms with Gasteiger partial charge in [-0.2, -0.15) is 0 Å². The summed E-state index contributed by atoms with van der Waals surface area (Å²) in [6.45, 7) is 1.43. The molecule has 0 amide bonds. The van der Waals surface area contributed by atoms with E-state index in [1.807, 2.05) is 0 Å². The van der Waals surface area contributed by atoms with Gasteiger partial charge in [0.05, 0.1) is 5.25 Å². The zero-order chi connectivity index (χ0) is 14.4. The standard InChI is InChI=1S/C12H14FNO4S/c1-2-19(17,18)10-9(12(10,14)11(15)16)7-4-3-5-8(13)6-7/h3-6,9-10H,2,14H2,1H3,(H,15,16). The summed E-state index contributed by atoms with van der Waals surface area (Å²) in [5, 5.41) is 7.96. The average molecular weight is 287 g/mol. The predicted molar refractivity (Wildman–Crippen MR) is 66.9 cm³/mol. The summed E-state index contributed by atoms with van der Waals surface area (Å²) in [5.41, 5.74) is 4.15. The maximum Gasteiger partial charge on any atom is 0.325 e. The molecule has 1 aliphatic rings. The van der Waals surface area contributed by atoms with Gasteiger partial charge in [-0.15, -0.1) is 0 Å². The Morgan fingerprint density at radius 1 is 1.53 bits per heavy atom. The van der Waals surface area contributed by atoms with E-state index in [4.69, 9.17) is 10.8 Å².